The van der Waals surface area contributed by atoms with Crippen molar-refractivity contribution in [3.8, 4) is 0 Å². The van der Waals surface area contributed by atoms with Crippen LogP contribution in [-0.4, -0.2) is 43.0 Å². The lowest BCUT2D eigenvalue weighted by Gasteiger charge is -2.46. The molecule has 0 spiro atoms. The van der Waals surface area contributed by atoms with Gasteiger partial charge in [-0.3, -0.25) is 0 Å². The van der Waals surface area contributed by atoms with Gasteiger partial charge in [0.05, 0.1) is 19.3 Å². The number of aliphatic hydroxyl groups excluding tert-OH is 1. The highest BCUT2D eigenvalue weighted by molar-refractivity contribution is 5.08. The fourth-order valence-corrected chi connectivity index (χ4v) is 3.16. The van der Waals surface area contributed by atoms with E-state index in [0.29, 0.717) is 13.0 Å². The zero-order chi connectivity index (χ0) is 13.2. The summed E-state index contributed by atoms with van der Waals surface area (Å²) in [6.45, 7) is 4.93. The van der Waals surface area contributed by atoms with Gasteiger partial charge >= 0.3 is 0 Å². The fourth-order valence-electron chi connectivity index (χ4n) is 3.16. The van der Waals surface area contributed by atoms with Gasteiger partial charge < -0.3 is 25.1 Å². The summed E-state index contributed by atoms with van der Waals surface area (Å²) >= 11 is 0. The van der Waals surface area contributed by atoms with Crippen molar-refractivity contribution in [3.63, 3.8) is 0 Å². The third-order valence-corrected chi connectivity index (χ3v) is 4.55. The van der Waals surface area contributed by atoms with Crippen molar-refractivity contribution in [1.29, 1.82) is 0 Å². The van der Waals surface area contributed by atoms with E-state index in [9.17, 15) is 0 Å². The van der Waals surface area contributed by atoms with E-state index in [1.54, 1.807) is 0 Å². The van der Waals surface area contributed by atoms with E-state index in [2.05, 4.69) is 13.8 Å². The Kier molecular flexibility index (Phi) is 4.29. The molecule has 0 aromatic rings. The van der Waals surface area contributed by atoms with Crippen molar-refractivity contribution >= 4 is 0 Å². The van der Waals surface area contributed by atoms with Crippen LogP contribution in [0.5, 0.6) is 0 Å². The fraction of sp³-hybridized carbons (Fsp3) is 1.00. The van der Waals surface area contributed by atoms with Crippen LogP contribution >= 0.6 is 0 Å². The summed E-state index contributed by atoms with van der Waals surface area (Å²) in [6, 6.07) is 0. The molecule has 0 radical (unpaired) electrons. The number of nitrogens with two attached hydrogens (primary N) is 1. The molecule has 3 atom stereocenters. The normalized spacial score (nSPS) is 40.0. The van der Waals surface area contributed by atoms with Crippen molar-refractivity contribution in [3.05, 3.63) is 0 Å². The highest BCUT2D eigenvalue weighted by atomic mass is 16.8. The molecule has 0 bridgehead atoms. The summed E-state index contributed by atoms with van der Waals surface area (Å²) < 4.78 is 16.5. The molecule has 0 aromatic heterocycles. The Labute approximate surface area is 109 Å². The van der Waals surface area contributed by atoms with Gasteiger partial charge in [0.1, 0.15) is 6.79 Å². The quantitative estimate of drug-likeness (QED) is 0.787. The van der Waals surface area contributed by atoms with Crippen molar-refractivity contribution < 1.29 is 19.3 Å². The van der Waals surface area contributed by atoms with Gasteiger partial charge in [-0.25, -0.2) is 0 Å². The molecule has 1 saturated heterocycles. The third kappa shape index (κ3) is 2.56. The van der Waals surface area contributed by atoms with Crippen LogP contribution in [0.1, 0.15) is 39.5 Å². The van der Waals surface area contributed by atoms with Gasteiger partial charge in [-0.05, 0) is 18.3 Å². The van der Waals surface area contributed by atoms with Gasteiger partial charge in [0.25, 0.3) is 0 Å². The van der Waals surface area contributed by atoms with Crippen LogP contribution in [0.4, 0.5) is 0 Å². The predicted molar refractivity (Wildman–Crippen MR) is 66.8 cm³/mol. The van der Waals surface area contributed by atoms with Crippen molar-refractivity contribution in [2.75, 3.05) is 20.0 Å². The summed E-state index contributed by atoms with van der Waals surface area (Å²) in [5, 5.41) is 8.77. The predicted octanol–water partition coefficient (Wildman–Crippen LogP) is 0.992. The first-order valence-electron chi connectivity index (χ1n) is 6.74. The van der Waals surface area contributed by atoms with Crippen LogP contribution < -0.4 is 5.73 Å². The highest BCUT2D eigenvalue weighted by Crippen LogP contribution is 2.48. The van der Waals surface area contributed by atoms with Crippen molar-refractivity contribution in [1.82, 2.24) is 0 Å². The Morgan fingerprint density at radius 1 is 1.33 bits per heavy atom. The molecule has 18 heavy (non-hydrogen) atoms. The Balaban J connectivity index is 2.00. The Hall–Kier alpha value is -0.200. The number of hydrogen-bond donors (Lipinski definition) is 2. The SMILES string of the molecule is CC1(C)CCCC1(N)[C@@H]1C[C@@H](OCCO)OCO1. The standard InChI is InChI=1S/C13H25NO4/c1-12(2)4-3-5-13(12,14)10-8-11(16-7-6-15)18-9-17-10/h10-11,15H,3-9,14H2,1-2H3/t10-,11-,13?/m0/s1. The molecular weight excluding hydrogens is 234 g/mol. The minimum absolute atomic E-state index is 0.00461. The van der Waals surface area contributed by atoms with Crippen LogP contribution in [0.3, 0.4) is 0 Å². The summed E-state index contributed by atoms with van der Waals surface area (Å²) in [7, 11) is 0. The molecule has 2 fully saturated rings. The van der Waals surface area contributed by atoms with E-state index < -0.39 is 0 Å². The van der Waals surface area contributed by atoms with Crippen LogP contribution in [0.15, 0.2) is 0 Å². The van der Waals surface area contributed by atoms with Gasteiger partial charge in [0, 0.05) is 12.0 Å². The number of aliphatic hydroxyl groups is 1. The molecule has 1 heterocycles. The second-order valence-corrected chi connectivity index (χ2v) is 5.98. The Morgan fingerprint density at radius 2 is 2.11 bits per heavy atom. The summed E-state index contributed by atoms with van der Waals surface area (Å²) in [6.07, 6.45) is 3.55. The monoisotopic (exact) mass is 259 g/mol. The van der Waals surface area contributed by atoms with Crippen LogP contribution in [0.25, 0.3) is 0 Å². The number of ether oxygens (including phenoxy) is 3. The molecule has 1 aliphatic heterocycles. The average Bonchev–Trinajstić information content (AvgIpc) is 2.63. The Morgan fingerprint density at radius 3 is 2.72 bits per heavy atom. The second kappa shape index (κ2) is 5.43. The molecule has 3 N–H and O–H groups in total. The molecule has 5 heteroatoms. The molecule has 2 aliphatic rings. The second-order valence-electron chi connectivity index (χ2n) is 5.98. The minimum Gasteiger partial charge on any atom is -0.394 e. The Bertz CT molecular complexity index is 284. The maximum absolute atomic E-state index is 8.77. The molecule has 0 amide bonds. The van der Waals surface area contributed by atoms with E-state index in [1.807, 2.05) is 0 Å². The van der Waals surface area contributed by atoms with Crippen LogP contribution in [0.2, 0.25) is 0 Å². The molecule has 5 nitrogen and oxygen atoms in total. The molecule has 2 rings (SSSR count). The zero-order valence-corrected chi connectivity index (χ0v) is 11.4. The molecule has 1 saturated carbocycles. The summed E-state index contributed by atoms with van der Waals surface area (Å²) in [5.74, 6) is 0. The van der Waals surface area contributed by atoms with E-state index in [-0.39, 0.29) is 36.7 Å². The molecule has 0 aromatic carbocycles. The van der Waals surface area contributed by atoms with Crippen molar-refractivity contribution in [2.24, 2.45) is 11.1 Å². The number of hydrogen-bond acceptors (Lipinski definition) is 5. The first-order valence-corrected chi connectivity index (χ1v) is 6.74. The lowest BCUT2D eigenvalue weighted by atomic mass is 9.71. The smallest absolute Gasteiger partial charge is 0.163 e. The van der Waals surface area contributed by atoms with Crippen molar-refractivity contribution in [2.45, 2.75) is 57.5 Å². The summed E-state index contributed by atoms with van der Waals surface area (Å²) in [4.78, 5) is 0. The summed E-state index contributed by atoms with van der Waals surface area (Å²) in [5.41, 5.74) is 6.39. The molecular formula is C13H25NO4. The topological polar surface area (TPSA) is 73.9 Å². The average molecular weight is 259 g/mol. The minimum atomic E-state index is -0.312. The van der Waals surface area contributed by atoms with Gasteiger partial charge in [-0.1, -0.05) is 20.3 Å². The molecule has 1 unspecified atom stereocenters. The van der Waals surface area contributed by atoms with Crippen LogP contribution in [-0.2, 0) is 14.2 Å². The highest BCUT2D eigenvalue weighted by Gasteiger charge is 2.52. The van der Waals surface area contributed by atoms with E-state index in [0.717, 1.165) is 19.3 Å². The van der Waals surface area contributed by atoms with Gasteiger partial charge in [0.2, 0.25) is 0 Å². The molecule has 106 valence electrons. The number of rotatable bonds is 4. The lowest BCUT2D eigenvalue weighted by Crippen LogP contribution is -2.61. The first kappa shape index (κ1) is 14.2. The van der Waals surface area contributed by atoms with Crippen LogP contribution in [0, 0.1) is 5.41 Å². The lowest BCUT2D eigenvalue weighted by molar-refractivity contribution is -0.273. The maximum atomic E-state index is 8.77. The molecule has 1 aliphatic carbocycles. The van der Waals surface area contributed by atoms with Gasteiger partial charge in [-0.15, -0.1) is 0 Å². The van der Waals surface area contributed by atoms with Gasteiger partial charge in [0.15, 0.2) is 6.29 Å². The largest absolute Gasteiger partial charge is 0.394 e. The van der Waals surface area contributed by atoms with E-state index in [4.69, 9.17) is 25.1 Å². The maximum Gasteiger partial charge on any atom is 0.163 e. The third-order valence-electron chi connectivity index (χ3n) is 4.55. The van der Waals surface area contributed by atoms with E-state index in [1.165, 1.54) is 0 Å². The zero-order valence-electron chi connectivity index (χ0n) is 11.4. The first-order chi connectivity index (χ1) is 8.49. The van der Waals surface area contributed by atoms with Gasteiger partial charge in [-0.2, -0.15) is 0 Å². The van der Waals surface area contributed by atoms with E-state index >= 15 is 0 Å².